The minimum absolute atomic E-state index is 1.08. The molecule has 13 aromatic carbocycles. The van der Waals surface area contributed by atoms with Crippen LogP contribution in [0.1, 0.15) is 0 Å². The Bertz CT molecular complexity index is 5500. The molecular formula is C78H49N5. The van der Waals surface area contributed by atoms with E-state index in [1.807, 2.05) is 0 Å². The lowest BCUT2D eigenvalue weighted by Gasteiger charge is -2.24. The molecule has 0 aliphatic carbocycles. The van der Waals surface area contributed by atoms with Gasteiger partial charge in [0.1, 0.15) is 0 Å². The highest BCUT2D eigenvalue weighted by atomic mass is 15.1. The van der Waals surface area contributed by atoms with Gasteiger partial charge in [0, 0.05) is 76.1 Å². The van der Waals surface area contributed by atoms with Crippen molar-refractivity contribution in [1.82, 2.24) is 22.8 Å². The molecule has 0 amide bonds. The zero-order valence-corrected chi connectivity index (χ0v) is 45.0. The summed E-state index contributed by atoms with van der Waals surface area (Å²) in [6.07, 6.45) is 0. The fraction of sp³-hybridized carbons (Fsp3) is 0. The van der Waals surface area contributed by atoms with Gasteiger partial charge in [-0.15, -0.1) is 0 Å². The van der Waals surface area contributed by atoms with Crippen LogP contribution in [-0.4, -0.2) is 22.8 Å². The second kappa shape index (κ2) is 17.7. The average molecular weight is 1060 g/mol. The number of rotatable bonds is 7. The molecule has 0 saturated carbocycles. The lowest BCUT2D eigenvalue weighted by atomic mass is 9.93. The van der Waals surface area contributed by atoms with Crippen molar-refractivity contribution in [3.05, 3.63) is 297 Å². The van der Waals surface area contributed by atoms with Gasteiger partial charge < -0.3 is 22.8 Å². The Morgan fingerprint density at radius 3 is 0.699 bits per heavy atom. The Balaban J connectivity index is 1.02. The first kappa shape index (κ1) is 45.7. The summed E-state index contributed by atoms with van der Waals surface area (Å²) in [6.45, 7) is 0. The quantitative estimate of drug-likeness (QED) is 0.152. The molecular weight excluding hydrogens is 1010 g/mol. The molecule has 0 bridgehead atoms. The maximum atomic E-state index is 2.56. The summed E-state index contributed by atoms with van der Waals surface area (Å²) < 4.78 is 12.6. The van der Waals surface area contributed by atoms with Crippen LogP contribution in [0.15, 0.2) is 297 Å². The van der Waals surface area contributed by atoms with Crippen molar-refractivity contribution >= 4 is 109 Å². The van der Waals surface area contributed by atoms with E-state index in [0.29, 0.717) is 0 Å². The molecule has 0 spiro atoms. The maximum Gasteiger partial charge on any atom is 0.0782 e. The Hall–Kier alpha value is -11.1. The van der Waals surface area contributed by atoms with Gasteiger partial charge in [0.2, 0.25) is 0 Å². The highest BCUT2D eigenvalue weighted by Gasteiger charge is 2.28. The Morgan fingerprint density at radius 1 is 0.145 bits per heavy atom. The molecule has 0 N–H and O–H groups in total. The minimum Gasteiger partial charge on any atom is -0.309 e. The summed E-state index contributed by atoms with van der Waals surface area (Å²) in [4.78, 5) is 0. The number of hydrogen-bond donors (Lipinski definition) is 0. The van der Waals surface area contributed by atoms with Crippen molar-refractivity contribution < 1.29 is 0 Å². The number of para-hydroxylation sites is 12. The molecule has 5 nitrogen and oxygen atoms in total. The third kappa shape index (κ3) is 6.47. The van der Waals surface area contributed by atoms with E-state index in [1.54, 1.807) is 0 Å². The Morgan fingerprint density at radius 2 is 0.361 bits per heavy atom. The van der Waals surface area contributed by atoms with Gasteiger partial charge >= 0.3 is 0 Å². The van der Waals surface area contributed by atoms with Gasteiger partial charge in [-0.1, -0.05) is 212 Å². The zero-order valence-electron chi connectivity index (χ0n) is 45.0. The fourth-order valence-corrected chi connectivity index (χ4v) is 14.3. The Labute approximate surface area is 477 Å². The van der Waals surface area contributed by atoms with E-state index >= 15 is 0 Å². The molecule has 0 fully saturated rings. The van der Waals surface area contributed by atoms with Crippen LogP contribution < -0.4 is 0 Å². The van der Waals surface area contributed by atoms with Crippen LogP contribution >= 0.6 is 0 Å². The molecule has 0 unspecified atom stereocenters. The van der Waals surface area contributed by atoms with Crippen molar-refractivity contribution in [2.75, 3.05) is 0 Å². The highest BCUT2D eigenvalue weighted by molar-refractivity contribution is 6.17. The number of aromatic nitrogens is 5. The summed E-state index contributed by atoms with van der Waals surface area (Å²) in [5, 5.41) is 12.1. The van der Waals surface area contributed by atoms with E-state index < -0.39 is 0 Å². The highest BCUT2D eigenvalue weighted by Crippen LogP contribution is 2.48. The topological polar surface area (TPSA) is 24.6 Å². The van der Waals surface area contributed by atoms with E-state index in [0.717, 1.165) is 83.8 Å². The fourth-order valence-electron chi connectivity index (χ4n) is 14.3. The molecule has 0 radical (unpaired) electrons. The van der Waals surface area contributed by atoms with Crippen molar-refractivity contribution in [2.24, 2.45) is 0 Å². The van der Waals surface area contributed by atoms with Gasteiger partial charge in [-0.05, 0) is 84.9 Å². The van der Waals surface area contributed by atoms with E-state index in [2.05, 4.69) is 320 Å². The standard InChI is InChI=1S/C78H49N5/c1-12-36-64-50(24-1)51-25-2-13-37-65(51)79(64)72-44-20-10-33-59(72)62-48-77(82-70-42-18-7-30-56(70)57-31-8-19-43-71(57)82)63(49-76(62)81-68-40-16-5-28-54(68)55-29-6-17-41-69(55)81)60-34-11-22-46-74(60)83-73-45-21-9-32-58(73)61-35-23-47-75(78(61)83)80-66-38-14-3-26-52(66)53-27-4-15-39-67(53)80/h1-49H. The van der Waals surface area contributed by atoms with Crippen LogP contribution in [0.2, 0.25) is 0 Å². The van der Waals surface area contributed by atoms with Crippen molar-refractivity contribution in [3.8, 4) is 50.7 Å². The van der Waals surface area contributed by atoms with Gasteiger partial charge in [0.05, 0.1) is 83.6 Å². The number of hydrogen-bond acceptors (Lipinski definition) is 0. The third-order valence-corrected chi connectivity index (χ3v) is 17.7. The first-order valence-electron chi connectivity index (χ1n) is 28.6. The molecule has 5 aromatic heterocycles. The lowest BCUT2D eigenvalue weighted by molar-refractivity contribution is 1.12. The predicted octanol–water partition coefficient (Wildman–Crippen LogP) is 20.5. The second-order valence-corrected chi connectivity index (χ2v) is 21.9. The zero-order chi connectivity index (χ0) is 54.3. The minimum atomic E-state index is 1.08. The van der Waals surface area contributed by atoms with Gasteiger partial charge in [0.15, 0.2) is 0 Å². The molecule has 0 aliphatic rings. The molecule has 0 atom stereocenters. The molecule has 5 heterocycles. The first-order valence-corrected chi connectivity index (χ1v) is 28.6. The van der Waals surface area contributed by atoms with Crippen LogP contribution in [0.25, 0.3) is 160 Å². The lowest BCUT2D eigenvalue weighted by Crippen LogP contribution is -2.07. The van der Waals surface area contributed by atoms with Crippen LogP contribution in [0.4, 0.5) is 0 Å². The van der Waals surface area contributed by atoms with Crippen LogP contribution in [-0.2, 0) is 0 Å². The molecule has 18 aromatic rings. The maximum absolute atomic E-state index is 2.56. The SMILES string of the molecule is c1ccc(-n2c3ccccc3c3ccccc32)c(-c2cc(-n3c4ccccc4c4ccccc43)c(-c3ccccc3-n3c4ccccc4c4cccc(-n5c6ccccc6c6ccccc65)c43)cc2-n2c3ccccc3c3ccccc32)c1. The summed E-state index contributed by atoms with van der Waals surface area (Å²) in [6, 6.07) is 110. The van der Waals surface area contributed by atoms with Crippen molar-refractivity contribution in [3.63, 3.8) is 0 Å². The summed E-state index contributed by atoms with van der Waals surface area (Å²) in [5.41, 5.74) is 21.4. The van der Waals surface area contributed by atoms with Crippen molar-refractivity contribution in [2.45, 2.75) is 0 Å². The number of benzene rings is 13. The van der Waals surface area contributed by atoms with Gasteiger partial charge in [0.25, 0.3) is 0 Å². The van der Waals surface area contributed by atoms with Gasteiger partial charge in [-0.2, -0.15) is 0 Å². The monoisotopic (exact) mass is 1060 g/mol. The van der Waals surface area contributed by atoms with Crippen LogP contribution in [0.3, 0.4) is 0 Å². The summed E-state index contributed by atoms with van der Waals surface area (Å²) >= 11 is 0. The first-order chi connectivity index (χ1) is 41.3. The van der Waals surface area contributed by atoms with Gasteiger partial charge in [-0.3, -0.25) is 0 Å². The largest absolute Gasteiger partial charge is 0.309 e. The van der Waals surface area contributed by atoms with Crippen LogP contribution in [0.5, 0.6) is 0 Å². The van der Waals surface area contributed by atoms with Gasteiger partial charge in [-0.25, -0.2) is 0 Å². The van der Waals surface area contributed by atoms with E-state index in [1.165, 1.54) is 75.9 Å². The average Bonchev–Trinajstić information content (AvgIpc) is 2.19. The smallest absolute Gasteiger partial charge is 0.0782 e. The van der Waals surface area contributed by atoms with E-state index in [4.69, 9.17) is 0 Å². The molecule has 0 saturated heterocycles. The molecule has 83 heavy (non-hydrogen) atoms. The number of fused-ring (bicyclic) bond motifs is 15. The second-order valence-electron chi connectivity index (χ2n) is 21.9. The molecule has 5 heteroatoms. The van der Waals surface area contributed by atoms with Crippen LogP contribution in [0, 0.1) is 0 Å². The van der Waals surface area contributed by atoms with Crippen molar-refractivity contribution in [1.29, 1.82) is 0 Å². The molecule has 0 aliphatic heterocycles. The predicted molar refractivity (Wildman–Crippen MR) is 349 cm³/mol. The summed E-state index contributed by atoms with van der Waals surface area (Å²) in [5.74, 6) is 0. The summed E-state index contributed by atoms with van der Waals surface area (Å²) in [7, 11) is 0. The Kier molecular flexibility index (Phi) is 9.73. The molecule has 386 valence electrons. The van der Waals surface area contributed by atoms with E-state index in [-0.39, 0.29) is 0 Å². The number of nitrogens with zero attached hydrogens (tertiary/aromatic N) is 5. The third-order valence-electron chi connectivity index (χ3n) is 17.7. The van der Waals surface area contributed by atoms with E-state index in [9.17, 15) is 0 Å². The normalized spacial score (nSPS) is 12.1. The molecule has 18 rings (SSSR count).